The maximum atomic E-state index is 12.9. The molecule has 4 rings (SSSR count). The monoisotopic (exact) mass is 454 g/mol. The normalized spacial score (nSPS) is 24.5. The fourth-order valence-corrected chi connectivity index (χ4v) is 4.97. The highest BCUT2D eigenvalue weighted by Gasteiger charge is 2.34. The first-order valence-corrected chi connectivity index (χ1v) is 12.4. The highest BCUT2D eigenvalue weighted by molar-refractivity contribution is 5.95. The first-order valence-electron chi connectivity index (χ1n) is 12.4. The van der Waals surface area contributed by atoms with Crippen LogP contribution in [0.25, 0.3) is 10.8 Å². The average Bonchev–Trinajstić information content (AvgIpc) is 2.77. The largest absolute Gasteiger partial charge is 0.491 e. The number of carbonyl (C=O) groups excluding carboxylic acids is 1. The van der Waals surface area contributed by atoms with Gasteiger partial charge in [0.2, 0.25) is 0 Å². The third kappa shape index (κ3) is 6.07. The van der Waals surface area contributed by atoms with Gasteiger partial charge >= 0.3 is 5.97 Å². The number of benzene rings is 2. The summed E-state index contributed by atoms with van der Waals surface area (Å²) in [5.74, 6) is 2.15. The van der Waals surface area contributed by atoms with Crippen molar-refractivity contribution in [3.8, 4) is 5.75 Å². The Morgan fingerprint density at radius 1 is 1.09 bits per heavy atom. The number of hydrogen-bond acceptors (Lipinski definition) is 5. The van der Waals surface area contributed by atoms with Gasteiger partial charge in [0.05, 0.1) is 32.0 Å². The standard InChI is InChI=1S/C28H38O5/c1-19(2)25-10-5-20(3)13-26(25)33-27(29)23-7-6-22-15-24(9-8-21(22)14-23)32-12-11-30-16-28(4)17-31-18-28/h6-9,14-15,19-20,25-26H,5,10-13,16-18H2,1-4H3. The molecule has 0 spiro atoms. The fraction of sp³-hybridized carbons (Fsp3) is 0.607. The zero-order valence-electron chi connectivity index (χ0n) is 20.5. The van der Waals surface area contributed by atoms with Gasteiger partial charge in [0.25, 0.3) is 0 Å². The van der Waals surface area contributed by atoms with E-state index >= 15 is 0 Å². The molecule has 2 aromatic rings. The Morgan fingerprint density at radius 3 is 2.58 bits per heavy atom. The Labute approximate surface area is 197 Å². The summed E-state index contributed by atoms with van der Waals surface area (Å²) in [7, 11) is 0. The maximum absolute atomic E-state index is 12.9. The minimum absolute atomic E-state index is 0.00865. The van der Waals surface area contributed by atoms with Crippen LogP contribution in [0, 0.1) is 23.2 Å². The van der Waals surface area contributed by atoms with Crippen LogP contribution in [-0.2, 0) is 14.2 Å². The Kier molecular flexibility index (Phi) is 7.60. The average molecular weight is 455 g/mol. The SMILES string of the molecule is CC1CCC(C(C)C)C(OC(=O)c2ccc3cc(OCCOCC4(C)COC4)ccc3c2)C1. The van der Waals surface area contributed by atoms with Crippen molar-refractivity contribution in [2.45, 2.75) is 53.1 Å². The van der Waals surface area contributed by atoms with Gasteiger partial charge < -0.3 is 18.9 Å². The first kappa shape index (κ1) is 24.0. The summed E-state index contributed by atoms with van der Waals surface area (Å²) < 4.78 is 22.8. The van der Waals surface area contributed by atoms with Crippen LogP contribution < -0.4 is 4.74 Å². The van der Waals surface area contributed by atoms with Crippen molar-refractivity contribution in [3.63, 3.8) is 0 Å². The van der Waals surface area contributed by atoms with Gasteiger partial charge in [0.1, 0.15) is 18.5 Å². The summed E-state index contributed by atoms with van der Waals surface area (Å²) in [6, 6.07) is 11.7. The molecule has 0 aromatic heterocycles. The quantitative estimate of drug-likeness (QED) is 0.349. The van der Waals surface area contributed by atoms with Crippen molar-refractivity contribution in [2.24, 2.45) is 23.2 Å². The molecular formula is C28H38O5. The van der Waals surface area contributed by atoms with Gasteiger partial charge in [-0.05, 0) is 65.6 Å². The van der Waals surface area contributed by atoms with Crippen LogP contribution in [0.3, 0.4) is 0 Å². The lowest BCUT2D eigenvalue weighted by molar-refractivity contribution is -0.139. The molecule has 1 aliphatic carbocycles. The minimum Gasteiger partial charge on any atom is -0.491 e. The van der Waals surface area contributed by atoms with Gasteiger partial charge in [-0.2, -0.15) is 0 Å². The molecule has 1 saturated carbocycles. The van der Waals surface area contributed by atoms with Gasteiger partial charge in [-0.25, -0.2) is 4.79 Å². The van der Waals surface area contributed by atoms with Crippen LogP contribution in [0.1, 0.15) is 57.3 Å². The van der Waals surface area contributed by atoms with E-state index in [4.69, 9.17) is 18.9 Å². The number of ether oxygens (including phenoxy) is 4. The molecule has 180 valence electrons. The van der Waals surface area contributed by atoms with Crippen molar-refractivity contribution < 1.29 is 23.7 Å². The van der Waals surface area contributed by atoms with Crippen LogP contribution >= 0.6 is 0 Å². The molecule has 3 unspecified atom stereocenters. The van der Waals surface area contributed by atoms with E-state index in [1.165, 1.54) is 6.42 Å². The van der Waals surface area contributed by atoms with Gasteiger partial charge in [0, 0.05) is 5.41 Å². The summed E-state index contributed by atoms with van der Waals surface area (Å²) >= 11 is 0. The molecule has 5 heteroatoms. The maximum Gasteiger partial charge on any atom is 0.338 e. The smallest absolute Gasteiger partial charge is 0.338 e. The van der Waals surface area contributed by atoms with Gasteiger partial charge in [-0.3, -0.25) is 0 Å². The van der Waals surface area contributed by atoms with E-state index in [0.29, 0.717) is 43.1 Å². The molecule has 0 radical (unpaired) electrons. The van der Waals surface area contributed by atoms with Gasteiger partial charge in [-0.1, -0.05) is 46.2 Å². The molecule has 2 aromatic carbocycles. The Balaban J connectivity index is 1.32. The Morgan fingerprint density at radius 2 is 1.85 bits per heavy atom. The third-order valence-corrected chi connectivity index (χ3v) is 7.12. The summed E-state index contributed by atoms with van der Waals surface area (Å²) in [5, 5.41) is 2.04. The molecular weight excluding hydrogens is 416 g/mol. The number of rotatable bonds is 9. The van der Waals surface area contributed by atoms with E-state index in [1.54, 1.807) is 0 Å². The van der Waals surface area contributed by atoms with Crippen LogP contribution in [0.2, 0.25) is 0 Å². The van der Waals surface area contributed by atoms with Crippen LogP contribution in [0.4, 0.5) is 0 Å². The predicted octanol–water partition coefficient (Wildman–Crippen LogP) is 5.89. The van der Waals surface area contributed by atoms with Gasteiger partial charge in [-0.15, -0.1) is 0 Å². The highest BCUT2D eigenvalue weighted by Crippen LogP contribution is 2.36. The number of fused-ring (bicyclic) bond motifs is 1. The lowest BCUT2D eigenvalue weighted by atomic mass is 9.75. The topological polar surface area (TPSA) is 54.0 Å². The van der Waals surface area contributed by atoms with E-state index in [2.05, 4.69) is 27.7 Å². The summed E-state index contributed by atoms with van der Waals surface area (Å²) in [4.78, 5) is 12.9. The minimum atomic E-state index is -0.218. The number of carbonyl (C=O) groups is 1. The molecule has 2 aliphatic rings. The second kappa shape index (κ2) is 10.4. The predicted molar refractivity (Wildman–Crippen MR) is 130 cm³/mol. The van der Waals surface area contributed by atoms with E-state index in [1.807, 2.05) is 36.4 Å². The summed E-state index contributed by atoms with van der Waals surface area (Å²) in [6.45, 7) is 12.2. The van der Waals surface area contributed by atoms with Crippen LogP contribution in [0.15, 0.2) is 36.4 Å². The molecule has 0 N–H and O–H groups in total. The Bertz CT molecular complexity index is 948. The van der Waals surface area contributed by atoms with Crippen LogP contribution in [-0.4, -0.2) is 45.1 Å². The molecule has 1 saturated heterocycles. The number of esters is 1. The van der Waals surface area contributed by atoms with E-state index in [9.17, 15) is 4.79 Å². The van der Waals surface area contributed by atoms with E-state index in [0.717, 1.165) is 42.6 Å². The molecule has 0 amide bonds. The van der Waals surface area contributed by atoms with E-state index < -0.39 is 0 Å². The zero-order valence-corrected chi connectivity index (χ0v) is 20.5. The lowest BCUT2D eigenvalue weighted by Crippen LogP contribution is -2.43. The van der Waals surface area contributed by atoms with Gasteiger partial charge in [0.15, 0.2) is 0 Å². The molecule has 1 aliphatic heterocycles. The van der Waals surface area contributed by atoms with Crippen molar-refractivity contribution in [3.05, 3.63) is 42.0 Å². The fourth-order valence-electron chi connectivity index (χ4n) is 4.97. The van der Waals surface area contributed by atoms with Crippen molar-refractivity contribution >= 4 is 16.7 Å². The first-order chi connectivity index (χ1) is 15.8. The Hall–Kier alpha value is -2.11. The zero-order chi connectivity index (χ0) is 23.4. The van der Waals surface area contributed by atoms with E-state index in [-0.39, 0.29) is 17.5 Å². The summed E-state index contributed by atoms with van der Waals surface area (Å²) in [5.41, 5.74) is 0.769. The third-order valence-electron chi connectivity index (χ3n) is 7.12. The molecule has 2 fully saturated rings. The second-order valence-corrected chi connectivity index (χ2v) is 10.7. The summed E-state index contributed by atoms with van der Waals surface area (Å²) in [6.07, 6.45) is 3.32. The molecule has 0 bridgehead atoms. The lowest BCUT2D eigenvalue weighted by Gasteiger charge is -2.37. The van der Waals surface area contributed by atoms with Crippen molar-refractivity contribution in [2.75, 3.05) is 33.0 Å². The second-order valence-electron chi connectivity index (χ2n) is 10.7. The number of hydrogen-bond donors (Lipinski definition) is 0. The highest BCUT2D eigenvalue weighted by atomic mass is 16.5. The van der Waals surface area contributed by atoms with Crippen molar-refractivity contribution in [1.29, 1.82) is 0 Å². The molecule has 1 heterocycles. The molecule has 5 nitrogen and oxygen atoms in total. The molecule has 33 heavy (non-hydrogen) atoms. The molecule has 3 atom stereocenters. The van der Waals surface area contributed by atoms with Crippen molar-refractivity contribution in [1.82, 2.24) is 0 Å². The van der Waals surface area contributed by atoms with Crippen LogP contribution in [0.5, 0.6) is 5.75 Å².